The van der Waals surface area contributed by atoms with Gasteiger partial charge in [-0.05, 0) is 26.3 Å². The molecule has 0 aromatic heterocycles. The summed E-state index contributed by atoms with van der Waals surface area (Å²) in [6, 6.07) is 0.364. The van der Waals surface area contributed by atoms with Crippen LogP contribution in [0.3, 0.4) is 0 Å². The molecular formula is C7H18N2. The van der Waals surface area contributed by atoms with E-state index in [1.54, 1.807) is 0 Å². The first-order valence-corrected chi connectivity index (χ1v) is 3.73. The van der Waals surface area contributed by atoms with Crippen molar-refractivity contribution >= 4 is 0 Å². The van der Waals surface area contributed by atoms with Crippen LogP contribution in [0.5, 0.6) is 0 Å². The van der Waals surface area contributed by atoms with E-state index in [9.17, 15) is 0 Å². The van der Waals surface area contributed by atoms with Crippen molar-refractivity contribution in [3.63, 3.8) is 0 Å². The van der Waals surface area contributed by atoms with Crippen molar-refractivity contribution in [2.45, 2.75) is 38.6 Å². The Kier molecular flexibility index (Phi) is 5.99. The normalized spacial score (nSPS) is 13.7. The maximum absolute atomic E-state index is 5.54. The average Bonchev–Trinajstić information content (AvgIpc) is 1.80. The molecule has 0 bridgehead atoms. The van der Waals surface area contributed by atoms with Crippen molar-refractivity contribution in [3.05, 3.63) is 0 Å². The average molecular weight is 130 g/mol. The van der Waals surface area contributed by atoms with E-state index in [4.69, 9.17) is 11.5 Å². The Labute approximate surface area is 57.6 Å². The molecule has 1 atom stereocenters. The third-order valence-corrected chi connectivity index (χ3v) is 1.36. The second-order valence-corrected chi connectivity index (χ2v) is 2.62. The molecule has 2 heteroatoms. The number of rotatable bonds is 5. The summed E-state index contributed by atoms with van der Waals surface area (Å²) >= 11 is 0. The number of hydrogen-bond donors (Lipinski definition) is 2. The van der Waals surface area contributed by atoms with Crippen molar-refractivity contribution in [1.82, 2.24) is 0 Å². The summed E-state index contributed by atoms with van der Waals surface area (Å²) in [5.74, 6) is 0. The van der Waals surface area contributed by atoms with E-state index in [1.807, 2.05) is 6.92 Å². The zero-order valence-corrected chi connectivity index (χ0v) is 6.27. The van der Waals surface area contributed by atoms with Gasteiger partial charge in [0.1, 0.15) is 0 Å². The van der Waals surface area contributed by atoms with Gasteiger partial charge in [-0.2, -0.15) is 0 Å². The monoisotopic (exact) mass is 130 g/mol. The minimum atomic E-state index is 0.364. The summed E-state index contributed by atoms with van der Waals surface area (Å²) in [6.07, 6.45) is 4.75. The molecule has 56 valence electrons. The van der Waals surface area contributed by atoms with Gasteiger partial charge in [-0.1, -0.05) is 12.8 Å². The van der Waals surface area contributed by atoms with Crippen LogP contribution in [-0.2, 0) is 0 Å². The summed E-state index contributed by atoms with van der Waals surface area (Å²) in [4.78, 5) is 0. The second-order valence-electron chi connectivity index (χ2n) is 2.62. The van der Waals surface area contributed by atoms with Crippen LogP contribution >= 0.6 is 0 Å². The van der Waals surface area contributed by atoms with E-state index in [0.717, 1.165) is 19.4 Å². The van der Waals surface area contributed by atoms with Gasteiger partial charge in [0, 0.05) is 6.04 Å². The largest absolute Gasteiger partial charge is 0.330 e. The molecule has 0 heterocycles. The van der Waals surface area contributed by atoms with E-state index in [0.29, 0.717) is 6.04 Å². The molecule has 0 aromatic rings. The molecule has 0 spiro atoms. The van der Waals surface area contributed by atoms with E-state index >= 15 is 0 Å². The molecule has 0 saturated carbocycles. The predicted octanol–water partition coefficient (Wildman–Crippen LogP) is 0.853. The Morgan fingerprint density at radius 2 is 1.89 bits per heavy atom. The first kappa shape index (κ1) is 8.92. The van der Waals surface area contributed by atoms with Crippen LogP contribution in [-0.4, -0.2) is 12.6 Å². The molecule has 0 amide bonds. The highest BCUT2D eigenvalue weighted by molar-refractivity contribution is 4.52. The van der Waals surface area contributed by atoms with Gasteiger partial charge in [0.25, 0.3) is 0 Å². The predicted molar refractivity (Wildman–Crippen MR) is 41.2 cm³/mol. The lowest BCUT2D eigenvalue weighted by Gasteiger charge is -2.02. The first-order chi connectivity index (χ1) is 4.27. The lowest BCUT2D eigenvalue weighted by molar-refractivity contribution is 0.583. The van der Waals surface area contributed by atoms with E-state index in [-0.39, 0.29) is 0 Å². The maximum atomic E-state index is 5.54. The highest BCUT2D eigenvalue weighted by Crippen LogP contribution is 1.99. The quantitative estimate of drug-likeness (QED) is 0.542. The van der Waals surface area contributed by atoms with Crippen molar-refractivity contribution in [1.29, 1.82) is 0 Å². The van der Waals surface area contributed by atoms with E-state index in [2.05, 4.69) is 0 Å². The van der Waals surface area contributed by atoms with Crippen molar-refractivity contribution in [3.8, 4) is 0 Å². The third kappa shape index (κ3) is 7.92. The fourth-order valence-corrected chi connectivity index (χ4v) is 0.787. The lowest BCUT2D eigenvalue weighted by atomic mass is 10.1. The summed E-state index contributed by atoms with van der Waals surface area (Å²) in [5.41, 5.74) is 10.9. The Balaban J connectivity index is 2.75. The zero-order valence-electron chi connectivity index (χ0n) is 6.27. The fourth-order valence-electron chi connectivity index (χ4n) is 0.787. The lowest BCUT2D eigenvalue weighted by Crippen LogP contribution is -2.14. The van der Waals surface area contributed by atoms with Crippen LogP contribution < -0.4 is 11.5 Å². The van der Waals surface area contributed by atoms with Crippen molar-refractivity contribution in [2.24, 2.45) is 11.5 Å². The molecule has 0 fully saturated rings. The molecule has 4 N–H and O–H groups in total. The maximum Gasteiger partial charge on any atom is 0.00104 e. The number of unbranched alkanes of at least 4 members (excludes halogenated alkanes) is 2. The van der Waals surface area contributed by atoms with Crippen molar-refractivity contribution < 1.29 is 0 Å². The van der Waals surface area contributed by atoms with Crippen LogP contribution in [0.15, 0.2) is 0 Å². The van der Waals surface area contributed by atoms with Gasteiger partial charge in [-0.3, -0.25) is 0 Å². The fraction of sp³-hybridized carbons (Fsp3) is 1.00. The van der Waals surface area contributed by atoms with Crippen LogP contribution in [0.2, 0.25) is 0 Å². The van der Waals surface area contributed by atoms with Crippen LogP contribution in [0.1, 0.15) is 32.6 Å². The second kappa shape index (κ2) is 6.05. The Morgan fingerprint density at radius 3 is 2.33 bits per heavy atom. The summed E-state index contributed by atoms with van der Waals surface area (Å²) < 4.78 is 0. The molecular weight excluding hydrogens is 112 g/mol. The Hall–Kier alpha value is -0.0800. The number of hydrogen-bond acceptors (Lipinski definition) is 2. The molecule has 0 aromatic carbocycles. The minimum Gasteiger partial charge on any atom is -0.330 e. The summed E-state index contributed by atoms with van der Waals surface area (Å²) in [6.45, 7) is 2.86. The first-order valence-electron chi connectivity index (χ1n) is 3.73. The SMILES string of the molecule is C[C@@H](N)CCCCCN. The smallest absolute Gasteiger partial charge is 0.00104 e. The molecule has 0 aliphatic carbocycles. The molecule has 0 rings (SSSR count). The van der Waals surface area contributed by atoms with Gasteiger partial charge in [0.05, 0.1) is 0 Å². The molecule has 0 unspecified atom stereocenters. The zero-order chi connectivity index (χ0) is 7.11. The molecule has 0 radical (unpaired) electrons. The molecule has 0 saturated heterocycles. The molecule has 0 aliphatic rings. The van der Waals surface area contributed by atoms with Gasteiger partial charge in [-0.25, -0.2) is 0 Å². The van der Waals surface area contributed by atoms with E-state index < -0.39 is 0 Å². The van der Waals surface area contributed by atoms with Gasteiger partial charge in [0.2, 0.25) is 0 Å². The van der Waals surface area contributed by atoms with Gasteiger partial charge in [0.15, 0.2) is 0 Å². The van der Waals surface area contributed by atoms with Crippen LogP contribution in [0.25, 0.3) is 0 Å². The van der Waals surface area contributed by atoms with Crippen LogP contribution in [0.4, 0.5) is 0 Å². The van der Waals surface area contributed by atoms with Gasteiger partial charge >= 0.3 is 0 Å². The molecule has 9 heavy (non-hydrogen) atoms. The molecule has 0 aliphatic heterocycles. The van der Waals surface area contributed by atoms with Gasteiger partial charge < -0.3 is 11.5 Å². The minimum absolute atomic E-state index is 0.364. The Bertz CT molecular complexity index is 52.9. The van der Waals surface area contributed by atoms with E-state index in [1.165, 1.54) is 12.8 Å². The highest BCUT2D eigenvalue weighted by Gasteiger charge is 1.92. The number of nitrogens with two attached hydrogens (primary N) is 2. The molecule has 2 nitrogen and oxygen atoms in total. The standard InChI is InChI=1S/C7H18N2/c1-7(9)5-3-2-4-6-8/h7H,2-6,8-9H2,1H3/t7-/m1/s1. The summed E-state index contributed by atoms with van der Waals surface area (Å²) in [5, 5.41) is 0. The van der Waals surface area contributed by atoms with Crippen LogP contribution in [0, 0.1) is 0 Å². The summed E-state index contributed by atoms with van der Waals surface area (Å²) in [7, 11) is 0. The Morgan fingerprint density at radius 1 is 1.22 bits per heavy atom. The topological polar surface area (TPSA) is 52.0 Å². The third-order valence-electron chi connectivity index (χ3n) is 1.36. The van der Waals surface area contributed by atoms with Crippen molar-refractivity contribution in [2.75, 3.05) is 6.54 Å². The van der Waals surface area contributed by atoms with Gasteiger partial charge in [-0.15, -0.1) is 0 Å². The highest BCUT2D eigenvalue weighted by atomic mass is 14.6.